The molecular formula is C12H17N3O2. The quantitative estimate of drug-likeness (QED) is 0.702. The van der Waals surface area contributed by atoms with Gasteiger partial charge in [0, 0.05) is 5.69 Å². The lowest BCUT2D eigenvalue weighted by molar-refractivity contribution is -0.123. The van der Waals surface area contributed by atoms with Crippen molar-refractivity contribution in [3.05, 3.63) is 29.3 Å². The minimum atomic E-state index is -0.347. The van der Waals surface area contributed by atoms with Gasteiger partial charge >= 0.3 is 0 Å². The molecule has 92 valence electrons. The number of aryl methyl sites for hydroxylation is 2. The molecule has 4 N–H and O–H groups in total. The minimum Gasteiger partial charge on any atom is -0.346 e. The van der Waals surface area contributed by atoms with Crippen molar-refractivity contribution >= 4 is 17.5 Å². The number of amides is 2. The third-order valence-corrected chi connectivity index (χ3v) is 2.14. The largest absolute Gasteiger partial charge is 0.346 e. The van der Waals surface area contributed by atoms with E-state index < -0.39 is 0 Å². The van der Waals surface area contributed by atoms with Crippen molar-refractivity contribution in [2.45, 2.75) is 13.8 Å². The maximum absolute atomic E-state index is 11.5. The molecule has 0 radical (unpaired) electrons. The molecule has 1 aromatic rings. The molecule has 0 saturated heterocycles. The minimum absolute atomic E-state index is 0.0664. The van der Waals surface area contributed by atoms with Crippen LogP contribution in [0, 0.1) is 13.8 Å². The molecule has 5 heteroatoms. The van der Waals surface area contributed by atoms with Crippen molar-refractivity contribution in [1.82, 2.24) is 5.32 Å². The first-order valence-corrected chi connectivity index (χ1v) is 5.36. The van der Waals surface area contributed by atoms with E-state index in [1.165, 1.54) is 0 Å². The number of nitrogens with one attached hydrogen (secondary N) is 2. The molecule has 0 aromatic heterocycles. The molecule has 0 spiro atoms. The zero-order valence-electron chi connectivity index (χ0n) is 10.0. The summed E-state index contributed by atoms with van der Waals surface area (Å²) in [6, 6.07) is 5.76. The zero-order chi connectivity index (χ0) is 12.8. The number of hydrogen-bond acceptors (Lipinski definition) is 3. The third kappa shape index (κ3) is 4.65. The maximum atomic E-state index is 11.5. The van der Waals surface area contributed by atoms with Crippen LogP contribution in [0.5, 0.6) is 0 Å². The standard InChI is InChI=1S/C12H17N3O2/c1-8-3-9(2)5-10(4-8)15-12(17)7-14-11(16)6-13/h3-5H,6-7,13H2,1-2H3,(H,14,16)(H,15,17). The van der Waals surface area contributed by atoms with Crippen LogP contribution in [0.1, 0.15) is 11.1 Å². The number of nitrogens with two attached hydrogens (primary N) is 1. The van der Waals surface area contributed by atoms with Gasteiger partial charge in [-0.15, -0.1) is 0 Å². The Bertz CT molecular complexity index is 410. The van der Waals surface area contributed by atoms with Crippen LogP contribution in [0.4, 0.5) is 5.69 Å². The second-order valence-electron chi connectivity index (χ2n) is 3.91. The molecule has 0 aliphatic heterocycles. The zero-order valence-corrected chi connectivity index (χ0v) is 10.0. The predicted octanol–water partition coefficient (Wildman–Crippen LogP) is 0.317. The van der Waals surface area contributed by atoms with Crippen LogP contribution < -0.4 is 16.4 Å². The SMILES string of the molecule is Cc1cc(C)cc(NC(=O)CNC(=O)CN)c1. The Labute approximate surface area is 100 Å². The molecule has 2 amide bonds. The summed E-state index contributed by atoms with van der Waals surface area (Å²) in [6.45, 7) is 3.73. The molecule has 0 saturated carbocycles. The number of rotatable bonds is 4. The highest BCUT2D eigenvalue weighted by Crippen LogP contribution is 2.13. The van der Waals surface area contributed by atoms with E-state index in [1.54, 1.807) is 0 Å². The number of carbonyl (C=O) groups excluding carboxylic acids is 2. The highest BCUT2D eigenvalue weighted by atomic mass is 16.2. The van der Waals surface area contributed by atoms with E-state index in [-0.39, 0.29) is 24.9 Å². The maximum Gasteiger partial charge on any atom is 0.243 e. The lowest BCUT2D eigenvalue weighted by Crippen LogP contribution is -2.36. The van der Waals surface area contributed by atoms with Crippen LogP contribution >= 0.6 is 0 Å². The summed E-state index contributed by atoms with van der Waals surface area (Å²) < 4.78 is 0. The van der Waals surface area contributed by atoms with Gasteiger partial charge in [0.2, 0.25) is 11.8 Å². The average Bonchev–Trinajstić information content (AvgIpc) is 2.24. The molecule has 0 aliphatic rings. The van der Waals surface area contributed by atoms with Crippen LogP contribution in [-0.2, 0) is 9.59 Å². The Balaban J connectivity index is 2.53. The molecule has 0 heterocycles. The van der Waals surface area contributed by atoms with Crippen LogP contribution in [0.25, 0.3) is 0 Å². The molecule has 1 aromatic carbocycles. The Morgan fingerprint density at radius 3 is 2.24 bits per heavy atom. The van der Waals surface area contributed by atoms with Gasteiger partial charge in [-0.1, -0.05) is 6.07 Å². The van der Waals surface area contributed by atoms with Gasteiger partial charge in [-0.05, 0) is 37.1 Å². The van der Waals surface area contributed by atoms with E-state index >= 15 is 0 Å². The van der Waals surface area contributed by atoms with Crippen LogP contribution in [0.2, 0.25) is 0 Å². The second-order valence-corrected chi connectivity index (χ2v) is 3.91. The van der Waals surface area contributed by atoms with E-state index in [9.17, 15) is 9.59 Å². The molecule has 0 atom stereocenters. The monoisotopic (exact) mass is 235 g/mol. The molecule has 0 fully saturated rings. The molecule has 0 unspecified atom stereocenters. The normalized spacial score (nSPS) is 9.82. The topological polar surface area (TPSA) is 84.2 Å². The van der Waals surface area contributed by atoms with Crippen molar-refractivity contribution in [3.8, 4) is 0 Å². The molecule has 0 aliphatic carbocycles. The van der Waals surface area contributed by atoms with Crippen molar-refractivity contribution in [3.63, 3.8) is 0 Å². The fourth-order valence-corrected chi connectivity index (χ4v) is 1.50. The van der Waals surface area contributed by atoms with Gasteiger partial charge in [0.1, 0.15) is 0 Å². The lowest BCUT2D eigenvalue weighted by Gasteiger charge is -2.08. The van der Waals surface area contributed by atoms with E-state index in [0.717, 1.165) is 16.8 Å². The summed E-state index contributed by atoms with van der Waals surface area (Å²) in [4.78, 5) is 22.3. The Hall–Kier alpha value is -1.88. The smallest absolute Gasteiger partial charge is 0.243 e. The Morgan fingerprint density at radius 2 is 1.71 bits per heavy atom. The molecular weight excluding hydrogens is 218 g/mol. The summed E-state index contributed by atoms with van der Waals surface area (Å²) in [5.41, 5.74) is 7.99. The van der Waals surface area contributed by atoms with Gasteiger partial charge in [-0.25, -0.2) is 0 Å². The van der Waals surface area contributed by atoms with Crippen LogP contribution in [-0.4, -0.2) is 24.9 Å². The number of anilines is 1. The summed E-state index contributed by atoms with van der Waals surface area (Å²) >= 11 is 0. The number of benzene rings is 1. The van der Waals surface area contributed by atoms with E-state index in [4.69, 9.17) is 5.73 Å². The van der Waals surface area contributed by atoms with Crippen molar-refractivity contribution < 1.29 is 9.59 Å². The van der Waals surface area contributed by atoms with E-state index in [2.05, 4.69) is 10.6 Å². The van der Waals surface area contributed by atoms with Crippen molar-refractivity contribution in [2.75, 3.05) is 18.4 Å². The van der Waals surface area contributed by atoms with Crippen LogP contribution in [0.3, 0.4) is 0 Å². The Morgan fingerprint density at radius 1 is 1.12 bits per heavy atom. The third-order valence-electron chi connectivity index (χ3n) is 2.14. The van der Waals surface area contributed by atoms with Gasteiger partial charge in [0.15, 0.2) is 0 Å². The first kappa shape index (κ1) is 13.2. The molecule has 1 rings (SSSR count). The fraction of sp³-hybridized carbons (Fsp3) is 0.333. The fourth-order valence-electron chi connectivity index (χ4n) is 1.50. The summed E-state index contributed by atoms with van der Waals surface area (Å²) in [7, 11) is 0. The van der Waals surface area contributed by atoms with Crippen molar-refractivity contribution in [1.29, 1.82) is 0 Å². The van der Waals surface area contributed by atoms with Gasteiger partial charge in [-0.3, -0.25) is 9.59 Å². The molecule has 0 bridgehead atoms. The van der Waals surface area contributed by atoms with Gasteiger partial charge in [0.25, 0.3) is 0 Å². The molecule has 5 nitrogen and oxygen atoms in total. The molecule has 17 heavy (non-hydrogen) atoms. The number of carbonyl (C=O) groups is 2. The van der Waals surface area contributed by atoms with Crippen molar-refractivity contribution in [2.24, 2.45) is 5.73 Å². The van der Waals surface area contributed by atoms with E-state index in [0.29, 0.717) is 0 Å². The summed E-state index contributed by atoms with van der Waals surface area (Å²) in [5, 5.41) is 5.11. The van der Waals surface area contributed by atoms with Gasteiger partial charge in [-0.2, -0.15) is 0 Å². The van der Waals surface area contributed by atoms with E-state index in [1.807, 2.05) is 32.0 Å². The van der Waals surface area contributed by atoms with Crippen LogP contribution in [0.15, 0.2) is 18.2 Å². The van der Waals surface area contributed by atoms with Gasteiger partial charge < -0.3 is 16.4 Å². The first-order chi connectivity index (χ1) is 8.01. The second kappa shape index (κ2) is 6.00. The number of hydrogen-bond donors (Lipinski definition) is 3. The highest BCUT2D eigenvalue weighted by molar-refractivity contribution is 5.94. The summed E-state index contributed by atoms with van der Waals surface area (Å²) in [6.07, 6.45) is 0. The Kier molecular flexibility index (Phi) is 4.66. The summed E-state index contributed by atoms with van der Waals surface area (Å²) in [5.74, 6) is -0.614. The average molecular weight is 235 g/mol. The first-order valence-electron chi connectivity index (χ1n) is 5.36. The van der Waals surface area contributed by atoms with Gasteiger partial charge in [0.05, 0.1) is 13.1 Å². The lowest BCUT2D eigenvalue weighted by atomic mass is 10.1. The highest BCUT2D eigenvalue weighted by Gasteiger charge is 2.04. The predicted molar refractivity (Wildman–Crippen MR) is 66.6 cm³/mol.